The number of ether oxygens (including phenoxy) is 3. The van der Waals surface area contributed by atoms with E-state index in [-0.39, 0.29) is 11.9 Å². The zero-order valence-electron chi connectivity index (χ0n) is 10.6. The first-order valence-electron chi connectivity index (χ1n) is 5.40. The SMILES string of the molecule is COC(=O)CC(C)c1cc(OC)cc(OC)c1. The van der Waals surface area contributed by atoms with Gasteiger partial charge in [-0.15, -0.1) is 0 Å². The Morgan fingerprint density at radius 2 is 1.65 bits per heavy atom. The van der Waals surface area contributed by atoms with Crippen molar-refractivity contribution in [1.29, 1.82) is 0 Å². The summed E-state index contributed by atoms with van der Waals surface area (Å²) in [6.07, 6.45) is 0.340. The second-order valence-electron chi connectivity index (χ2n) is 3.83. The van der Waals surface area contributed by atoms with Gasteiger partial charge in [0, 0.05) is 6.07 Å². The molecule has 0 aliphatic heterocycles. The van der Waals surface area contributed by atoms with Crippen LogP contribution in [0.3, 0.4) is 0 Å². The van der Waals surface area contributed by atoms with Crippen LogP contribution in [0, 0.1) is 0 Å². The first-order chi connectivity index (χ1) is 8.10. The van der Waals surface area contributed by atoms with E-state index in [4.69, 9.17) is 9.47 Å². The molecular weight excluding hydrogens is 220 g/mol. The molecule has 0 fully saturated rings. The van der Waals surface area contributed by atoms with Crippen molar-refractivity contribution in [2.75, 3.05) is 21.3 Å². The van der Waals surface area contributed by atoms with Crippen LogP contribution in [0.2, 0.25) is 0 Å². The van der Waals surface area contributed by atoms with Crippen molar-refractivity contribution in [3.63, 3.8) is 0 Å². The Morgan fingerprint density at radius 1 is 1.12 bits per heavy atom. The van der Waals surface area contributed by atoms with Crippen LogP contribution in [0.5, 0.6) is 11.5 Å². The molecule has 0 amide bonds. The minimum Gasteiger partial charge on any atom is -0.497 e. The third-order valence-electron chi connectivity index (χ3n) is 2.64. The van der Waals surface area contributed by atoms with E-state index in [9.17, 15) is 4.79 Å². The molecule has 1 aromatic carbocycles. The Balaban J connectivity index is 2.91. The Hall–Kier alpha value is -1.71. The first-order valence-corrected chi connectivity index (χ1v) is 5.40. The van der Waals surface area contributed by atoms with E-state index >= 15 is 0 Å². The molecule has 0 aliphatic carbocycles. The lowest BCUT2D eigenvalue weighted by molar-refractivity contribution is -0.140. The van der Waals surface area contributed by atoms with Gasteiger partial charge in [-0.25, -0.2) is 0 Å². The van der Waals surface area contributed by atoms with Crippen molar-refractivity contribution in [2.24, 2.45) is 0 Å². The standard InChI is InChI=1S/C13H18O4/c1-9(5-13(14)17-4)10-6-11(15-2)8-12(7-10)16-3/h6-9H,5H2,1-4H3. The fraction of sp³-hybridized carbons (Fsp3) is 0.462. The summed E-state index contributed by atoms with van der Waals surface area (Å²) < 4.78 is 15.0. The van der Waals surface area contributed by atoms with Gasteiger partial charge < -0.3 is 14.2 Å². The maximum absolute atomic E-state index is 11.2. The van der Waals surface area contributed by atoms with Crippen molar-refractivity contribution >= 4 is 5.97 Å². The zero-order chi connectivity index (χ0) is 12.8. The number of hydrogen-bond acceptors (Lipinski definition) is 4. The van der Waals surface area contributed by atoms with E-state index in [1.165, 1.54) is 7.11 Å². The highest BCUT2D eigenvalue weighted by Gasteiger charge is 2.13. The summed E-state index contributed by atoms with van der Waals surface area (Å²) in [5, 5.41) is 0. The van der Waals surface area contributed by atoms with Crippen LogP contribution in [0.4, 0.5) is 0 Å². The summed E-state index contributed by atoms with van der Waals surface area (Å²) >= 11 is 0. The maximum Gasteiger partial charge on any atom is 0.306 e. The van der Waals surface area contributed by atoms with Gasteiger partial charge in [0.2, 0.25) is 0 Å². The normalized spacial score (nSPS) is 11.8. The lowest BCUT2D eigenvalue weighted by atomic mass is 9.97. The molecule has 1 unspecified atom stereocenters. The lowest BCUT2D eigenvalue weighted by Gasteiger charge is -2.13. The van der Waals surface area contributed by atoms with Gasteiger partial charge >= 0.3 is 5.97 Å². The van der Waals surface area contributed by atoms with Gasteiger partial charge in [-0.1, -0.05) is 6.92 Å². The van der Waals surface area contributed by atoms with Gasteiger partial charge in [0.25, 0.3) is 0 Å². The van der Waals surface area contributed by atoms with Crippen molar-refractivity contribution in [3.8, 4) is 11.5 Å². The third-order valence-corrected chi connectivity index (χ3v) is 2.64. The summed E-state index contributed by atoms with van der Waals surface area (Å²) in [6, 6.07) is 5.60. The quantitative estimate of drug-likeness (QED) is 0.739. The minimum atomic E-state index is -0.223. The van der Waals surface area contributed by atoms with E-state index in [0.717, 1.165) is 17.1 Å². The van der Waals surface area contributed by atoms with Crippen LogP contribution < -0.4 is 9.47 Å². The van der Waals surface area contributed by atoms with Crippen LogP contribution >= 0.6 is 0 Å². The van der Waals surface area contributed by atoms with E-state index in [2.05, 4.69) is 4.74 Å². The highest BCUT2D eigenvalue weighted by Crippen LogP contribution is 2.28. The Labute approximate surface area is 101 Å². The summed E-state index contributed by atoms with van der Waals surface area (Å²) in [5.74, 6) is 1.28. The number of benzene rings is 1. The van der Waals surface area contributed by atoms with Crippen LogP contribution in [0.15, 0.2) is 18.2 Å². The van der Waals surface area contributed by atoms with Crippen molar-refractivity contribution in [1.82, 2.24) is 0 Å². The molecular formula is C13H18O4. The summed E-state index contributed by atoms with van der Waals surface area (Å²) in [6.45, 7) is 1.96. The molecule has 0 radical (unpaired) electrons. The van der Waals surface area contributed by atoms with Crippen molar-refractivity contribution < 1.29 is 19.0 Å². The van der Waals surface area contributed by atoms with Crippen LogP contribution in [-0.2, 0) is 9.53 Å². The fourth-order valence-corrected chi connectivity index (χ4v) is 1.57. The highest BCUT2D eigenvalue weighted by atomic mass is 16.5. The second-order valence-corrected chi connectivity index (χ2v) is 3.83. The molecule has 4 heteroatoms. The smallest absolute Gasteiger partial charge is 0.306 e. The van der Waals surface area contributed by atoms with E-state index < -0.39 is 0 Å². The van der Waals surface area contributed by atoms with E-state index in [1.54, 1.807) is 20.3 Å². The molecule has 0 aromatic heterocycles. The molecule has 0 bridgehead atoms. The molecule has 17 heavy (non-hydrogen) atoms. The second kappa shape index (κ2) is 6.13. The van der Waals surface area contributed by atoms with Gasteiger partial charge in [0.05, 0.1) is 27.8 Å². The Bertz CT molecular complexity index is 365. The molecule has 1 aromatic rings. The molecule has 0 saturated heterocycles. The monoisotopic (exact) mass is 238 g/mol. The molecule has 1 rings (SSSR count). The van der Waals surface area contributed by atoms with Gasteiger partial charge in [-0.2, -0.15) is 0 Å². The van der Waals surface area contributed by atoms with E-state index in [0.29, 0.717) is 6.42 Å². The molecule has 0 N–H and O–H groups in total. The summed E-state index contributed by atoms with van der Waals surface area (Å²) in [4.78, 5) is 11.2. The van der Waals surface area contributed by atoms with E-state index in [1.807, 2.05) is 19.1 Å². The molecule has 0 heterocycles. The molecule has 1 atom stereocenters. The topological polar surface area (TPSA) is 44.8 Å². The predicted molar refractivity (Wildman–Crippen MR) is 64.6 cm³/mol. The average Bonchev–Trinajstić information content (AvgIpc) is 2.37. The van der Waals surface area contributed by atoms with Crippen LogP contribution in [-0.4, -0.2) is 27.3 Å². The summed E-state index contributed by atoms with van der Waals surface area (Å²) in [5.41, 5.74) is 0.992. The number of methoxy groups -OCH3 is 3. The average molecular weight is 238 g/mol. The number of carbonyl (C=O) groups excluding carboxylic acids is 1. The molecule has 94 valence electrons. The van der Waals surface area contributed by atoms with Gasteiger partial charge in [0.1, 0.15) is 11.5 Å². The third kappa shape index (κ3) is 3.66. The number of hydrogen-bond donors (Lipinski definition) is 0. The first kappa shape index (κ1) is 13.4. The van der Waals surface area contributed by atoms with Crippen LogP contribution in [0.25, 0.3) is 0 Å². The number of esters is 1. The lowest BCUT2D eigenvalue weighted by Crippen LogP contribution is -2.06. The molecule has 4 nitrogen and oxygen atoms in total. The van der Waals surface area contributed by atoms with Gasteiger partial charge in [-0.3, -0.25) is 4.79 Å². The van der Waals surface area contributed by atoms with Gasteiger partial charge in [0.15, 0.2) is 0 Å². The molecule has 0 spiro atoms. The fourth-order valence-electron chi connectivity index (χ4n) is 1.57. The van der Waals surface area contributed by atoms with Crippen LogP contribution in [0.1, 0.15) is 24.8 Å². The Kier molecular flexibility index (Phi) is 4.82. The number of rotatable bonds is 5. The van der Waals surface area contributed by atoms with Crippen molar-refractivity contribution in [3.05, 3.63) is 23.8 Å². The Morgan fingerprint density at radius 3 is 2.06 bits per heavy atom. The minimum absolute atomic E-state index is 0.0615. The van der Waals surface area contributed by atoms with Crippen molar-refractivity contribution in [2.45, 2.75) is 19.3 Å². The predicted octanol–water partition coefficient (Wildman–Crippen LogP) is 2.37. The summed E-state index contributed by atoms with van der Waals surface area (Å²) in [7, 11) is 4.59. The maximum atomic E-state index is 11.2. The van der Waals surface area contributed by atoms with Gasteiger partial charge in [-0.05, 0) is 23.6 Å². The zero-order valence-corrected chi connectivity index (χ0v) is 10.6. The molecule has 0 saturated carbocycles. The highest BCUT2D eigenvalue weighted by molar-refractivity contribution is 5.70. The number of carbonyl (C=O) groups is 1. The molecule has 0 aliphatic rings. The largest absolute Gasteiger partial charge is 0.497 e.